The number of aliphatic imine (C=N–C) groups is 1. The molecule has 0 radical (unpaired) electrons. The number of nitrogens with one attached hydrogen (secondary N) is 2. The predicted molar refractivity (Wildman–Crippen MR) is 117 cm³/mol. The van der Waals surface area contributed by atoms with Crippen LogP contribution in [0.2, 0.25) is 0 Å². The highest BCUT2D eigenvalue weighted by Gasteiger charge is 2.19. The smallest absolute Gasteiger partial charge is 0.222 e. The second-order valence-electron chi connectivity index (χ2n) is 6.94. The average molecular weight is 403 g/mol. The van der Waals surface area contributed by atoms with Crippen molar-refractivity contribution in [3.8, 4) is 11.5 Å². The molecule has 1 aliphatic rings. The summed E-state index contributed by atoms with van der Waals surface area (Å²) in [5, 5.41) is 6.62. The Kier molecular flexibility index (Phi) is 9.34. The lowest BCUT2D eigenvalue weighted by Gasteiger charge is -2.17. The van der Waals surface area contributed by atoms with E-state index < -0.39 is 0 Å². The van der Waals surface area contributed by atoms with Crippen LogP contribution >= 0.6 is 0 Å². The molecule has 2 N–H and O–H groups in total. The molecule has 0 aliphatic carbocycles. The second kappa shape index (κ2) is 12.0. The van der Waals surface area contributed by atoms with Gasteiger partial charge in [0, 0.05) is 38.2 Å². The quantitative estimate of drug-likeness (QED) is 0.257. The first-order chi connectivity index (χ1) is 14.1. The number of amides is 1. The van der Waals surface area contributed by atoms with Crippen molar-refractivity contribution >= 4 is 11.9 Å². The van der Waals surface area contributed by atoms with Gasteiger partial charge in [-0.15, -0.1) is 6.58 Å². The maximum atomic E-state index is 11.7. The lowest BCUT2D eigenvalue weighted by molar-refractivity contribution is -0.127. The minimum atomic E-state index is 0.273. The van der Waals surface area contributed by atoms with Gasteiger partial charge in [0.2, 0.25) is 5.91 Å². The number of allylic oxidation sites excluding steroid dienone is 1. The monoisotopic (exact) mass is 402 g/mol. The zero-order valence-electron chi connectivity index (χ0n) is 17.9. The molecule has 160 valence electrons. The number of hydrogen-bond donors (Lipinski definition) is 2. The molecular formula is C22H34N4O3. The van der Waals surface area contributed by atoms with Gasteiger partial charge in [0.1, 0.15) is 0 Å². The summed E-state index contributed by atoms with van der Waals surface area (Å²) in [5.74, 6) is 2.47. The molecule has 0 aromatic heterocycles. The van der Waals surface area contributed by atoms with Crippen LogP contribution in [0.1, 0.15) is 37.3 Å². The standard InChI is InChI=1S/C22H34N4O3/c1-5-9-18-14-17(15-19(28-3)21(18)29-4)16-25-22(23-6-2)24-11-8-13-26-12-7-10-20(26)27/h5,14-15H,1,6-13,16H2,2-4H3,(H2,23,24,25). The van der Waals surface area contributed by atoms with Crippen LogP contribution in [0.4, 0.5) is 0 Å². The summed E-state index contributed by atoms with van der Waals surface area (Å²) in [6.45, 7) is 9.61. The maximum absolute atomic E-state index is 11.7. The minimum Gasteiger partial charge on any atom is -0.493 e. The predicted octanol–water partition coefficient (Wildman–Crippen LogP) is 2.50. The van der Waals surface area contributed by atoms with Gasteiger partial charge in [-0.2, -0.15) is 0 Å². The molecule has 1 aromatic carbocycles. The summed E-state index contributed by atoms with van der Waals surface area (Å²) in [6, 6.07) is 4.03. The molecule has 1 saturated heterocycles. The fraction of sp³-hybridized carbons (Fsp3) is 0.545. The van der Waals surface area contributed by atoms with E-state index >= 15 is 0 Å². The third kappa shape index (κ3) is 6.69. The van der Waals surface area contributed by atoms with Crippen LogP contribution in [-0.4, -0.2) is 57.2 Å². The summed E-state index contributed by atoms with van der Waals surface area (Å²) < 4.78 is 11.0. The summed E-state index contributed by atoms with van der Waals surface area (Å²) >= 11 is 0. The van der Waals surface area contributed by atoms with E-state index in [-0.39, 0.29) is 5.91 Å². The van der Waals surface area contributed by atoms with Gasteiger partial charge in [-0.05, 0) is 43.9 Å². The molecule has 7 nitrogen and oxygen atoms in total. The van der Waals surface area contributed by atoms with E-state index in [2.05, 4.69) is 23.3 Å². The summed E-state index contributed by atoms with van der Waals surface area (Å²) in [4.78, 5) is 18.3. The first-order valence-electron chi connectivity index (χ1n) is 10.3. The number of carbonyl (C=O) groups excluding carboxylic acids is 1. The van der Waals surface area contributed by atoms with Crippen molar-refractivity contribution < 1.29 is 14.3 Å². The summed E-state index contributed by atoms with van der Waals surface area (Å²) in [5.41, 5.74) is 2.07. The number of likely N-dealkylation sites (tertiary alicyclic amines) is 1. The molecule has 29 heavy (non-hydrogen) atoms. The van der Waals surface area contributed by atoms with Crippen molar-refractivity contribution in [3.63, 3.8) is 0 Å². The Morgan fingerprint density at radius 2 is 2.14 bits per heavy atom. The molecule has 0 atom stereocenters. The lowest BCUT2D eigenvalue weighted by atomic mass is 10.1. The molecule has 1 amide bonds. The van der Waals surface area contributed by atoms with E-state index in [1.807, 2.05) is 24.0 Å². The fourth-order valence-electron chi connectivity index (χ4n) is 3.43. The van der Waals surface area contributed by atoms with E-state index in [4.69, 9.17) is 14.5 Å². The van der Waals surface area contributed by atoms with Crippen LogP contribution in [0.25, 0.3) is 0 Å². The Hall–Kier alpha value is -2.70. The number of benzene rings is 1. The average Bonchev–Trinajstić information content (AvgIpc) is 3.13. The van der Waals surface area contributed by atoms with Gasteiger partial charge >= 0.3 is 0 Å². The number of ether oxygens (including phenoxy) is 2. The fourth-order valence-corrected chi connectivity index (χ4v) is 3.43. The zero-order chi connectivity index (χ0) is 21.1. The number of nitrogens with zero attached hydrogens (tertiary/aromatic N) is 2. The Morgan fingerprint density at radius 1 is 1.31 bits per heavy atom. The van der Waals surface area contributed by atoms with Crippen LogP contribution in [0.5, 0.6) is 11.5 Å². The van der Waals surface area contributed by atoms with E-state index in [9.17, 15) is 4.79 Å². The van der Waals surface area contributed by atoms with Gasteiger partial charge in [-0.1, -0.05) is 6.08 Å². The minimum absolute atomic E-state index is 0.273. The summed E-state index contributed by atoms with van der Waals surface area (Å²) in [7, 11) is 3.28. The number of rotatable bonds is 11. The number of guanidine groups is 1. The van der Waals surface area contributed by atoms with Crippen molar-refractivity contribution in [2.45, 2.75) is 39.2 Å². The Bertz CT molecular complexity index is 718. The van der Waals surface area contributed by atoms with Crippen molar-refractivity contribution in [3.05, 3.63) is 35.9 Å². The molecule has 0 unspecified atom stereocenters. The molecule has 0 spiro atoms. The Balaban J connectivity index is 1.98. The van der Waals surface area contributed by atoms with Gasteiger partial charge in [-0.25, -0.2) is 4.99 Å². The second-order valence-corrected chi connectivity index (χ2v) is 6.94. The van der Waals surface area contributed by atoms with Crippen molar-refractivity contribution in [1.82, 2.24) is 15.5 Å². The SMILES string of the molecule is C=CCc1cc(CN=C(NCC)NCCCN2CCCC2=O)cc(OC)c1OC. The van der Waals surface area contributed by atoms with Gasteiger partial charge in [0.25, 0.3) is 0 Å². The van der Waals surface area contributed by atoms with Crippen LogP contribution in [0.3, 0.4) is 0 Å². The van der Waals surface area contributed by atoms with Gasteiger partial charge in [-0.3, -0.25) is 4.79 Å². The van der Waals surface area contributed by atoms with Gasteiger partial charge < -0.3 is 25.0 Å². The van der Waals surface area contributed by atoms with Gasteiger partial charge in [0.15, 0.2) is 17.5 Å². The van der Waals surface area contributed by atoms with Crippen molar-refractivity contribution in [1.29, 1.82) is 0 Å². The third-order valence-electron chi connectivity index (χ3n) is 4.81. The number of carbonyl (C=O) groups is 1. The molecule has 0 bridgehead atoms. The highest BCUT2D eigenvalue weighted by molar-refractivity contribution is 5.80. The largest absolute Gasteiger partial charge is 0.493 e. The third-order valence-corrected chi connectivity index (χ3v) is 4.81. The van der Waals surface area contributed by atoms with Gasteiger partial charge in [0.05, 0.1) is 20.8 Å². The van der Waals surface area contributed by atoms with E-state index in [0.717, 1.165) is 61.9 Å². The molecule has 0 saturated carbocycles. The maximum Gasteiger partial charge on any atom is 0.222 e. The molecule has 1 heterocycles. The van der Waals surface area contributed by atoms with Crippen LogP contribution < -0.4 is 20.1 Å². The van der Waals surface area contributed by atoms with Crippen LogP contribution in [0, 0.1) is 0 Å². The first-order valence-corrected chi connectivity index (χ1v) is 10.3. The normalized spacial score (nSPS) is 14.1. The lowest BCUT2D eigenvalue weighted by Crippen LogP contribution is -2.39. The zero-order valence-corrected chi connectivity index (χ0v) is 17.9. The Morgan fingerprint density at radius 3 is 2.76 bits per heavy atom. The summed E-state index contributed by atoms with van der Waals surface area (Å²) in [6.07, 6.45) is 5.12. The topological polar surface area (TPSA) is 75.2 Å². The van der Waals surface area contributed by atoms with Crippen LogP contribution in [0.15, 0.2) is 29.8 Å². The molecule has 2 rings (SSSR count). The highest BCUT2D eigenvalue weighted by atomic mass is 16.5. The highest BCUT2D eigenvalue weighted by Crippen LogP contribution is 2.33. The van der Waals surface area contributed by atoms with E-state index in [0.29, 0.717) is 25.1 Å². The molecule has 1 aliphatic heterocycles. The van der Waals surface area contributed by atoms with E-state index in [1.54, 1.807) is 14.2 Å². The molecule has 7 heteroatoms. The Labute approximate surface area is 174 Å². The molecule has 1 fully saturated rings. The van der Waals surface area contributed by atoms with Crippen LogP contribution in [-0.2, 0) is 17.8 Å². The number of methoxy groups -OCH3 is 2. The van der Waals surface area contributed by atoms with Crippen molar-refractivity contribution in [2.75, 3.05) is 40.4 Å². The first kappa shape index (κ1) is 22.6. The van der Waals surface area contributed by atoms with Crippen molar-refractivity contribution in [2.24, 2.45) is 4.99 Å². The van der Waals surface area contributed by atoms with E-state index in [1.165, 1.54) is 0 Å². The molecular weight excluding hydrogens is 368 g/mol. The number of hydrogen-bond acceptors (Lipinski definition) is 4. The molecule has 1 aromatic rings.